The van der Waals surface area contributed by atoms with Crippen molar-refractivity contribution in [2.75, 3.05) is 0 Å². The summed E-state index contributed by atoms with van der Waals surface area (Å²) in [6.07, 6.45) is 2.53. The van der Waals surface area contributed by atoms with Gasteiger partial charge in [0, 0.05) is 7.35 Å². The summed E-state index contributed by atoms with van der Waals surface area (Å²) in [4.78, 5) is 0. The molecule has 0 amide bonds. The van der Waals surface area contributed by atoms with E-state index in [9.17, 15) is 0 Å². The fourth-order valence-electron chi connectivity index (χ4n) is 0.645. The lowest BCUT2D eigenvalue weighted by Crippen LogP contribution is -2.25. The lowest BCUT2D eigenvalue weighted by Gasteiger charge is -2.24. The zero-order valence-corrected chi connectivity index (χ0v) is 10.3. The van der Waals surface area contributed by atoms with E-state index in [1.54, 1.807) is 0 Å². The Kier molecular flexibility index (Phi) is 5.07. The second-order valence-corrected chi connectivity index (χ2v) is 6.46. The molecular formula is C7H13I2. The molecule has 0 aromatic rings. The molecule has 1 radical (unpaired) electrons. The van der Waals surface area contributed by atoms with Crippen molar-refractivity contribution in [3.8, 4) is 0 Å². The van der Waals surface area contributed by atoms with E-state index in [1.165, 1.54) is 12.8 Å². The van der Waals surface area contributed by atoms with Gasteiger partial charge in [0.05, 0.1) is 0 Å². The molecule has 0 rings (SSSR count). The maximum atomic E-state index is 4.01. The van der Waals surface area contributed by atoms with Crippen LogP contribution in [0.15, 0.2) is 0 Å². The van der Waals surface area contributed by atoms with Crippen LogP contribution in [0.3, 0.4) is 0 Å². The third-order valence-corrected chi connectivity index (χ3v) is 5.25. The van der Waals surface area contributed by atoms with E-state index < -0.39 is 0 Å². The molecule has 0 saturated heterocycles. The topological polar surface area (TPSA) is 0 Å². The Bertz CT molecular complexity index is 77.0. The van der Waals surface area contributed by atoms with Crippen LogP contribution in [0.5, 0.6) is 0 Å². The highest BCUT2D eigenvalue weighted by molar-refractivity contribution is 14.1. The molecule has 0 fully saturated rings. The molecular weight excluding hydrogens is 338 g/mol. The molecule has 9 heavy (non-hydrogen) atoms. The highest BCUT2D eigenvalue weighted by atomic mass is 127. The predicted octanol–water partition coefficient (Wildman–Crippen LogP) is 3.62. The first-order valence-corrected chi connectivity index (χ1v) is 5.49. The summed E-state index contributed by atoms with van der Waals surface area (Å²) in [5, 5.41) is 0. The third kappa shape index (κ3) is 4.01. The molecule has 0 heterocycles. The number of halogens is 2. The van der Waals surface area contributed by atoms with Crippen LogP contribution >= 0.6 is 45.2 Å². The normalized spacial score (nSPS) is 21.0. The average Bonchev–Trinajstić information content (AvgIpc) is 1.65. The molecule has 2 atom stereocenters. The highest BCUT2D eigenvalue weighted by Gasteiger charge is 2.24. The molecule has 2 unspecified atom stereocenters. The van der Waals surface area contributed by atoms with E-state index in [1.807, 2.05) is 0 Å². The monoisotopic (exact) mass is 351 g/mol. The molecule has 0 aromatic carbocycles. The molecule has 2 heteroatoms. The summed E-state index contributed by atoms with van der Waals surface area (Å²) in [6, 6.07) is 0. The quantitative estimate of drug-likeness (QED) is 0.538. The molecule has 0 aliphatic carbocycles. The van der Waals surface area contributed by atoms with Gasteiger partial charge in [-0.1, -0.05) is 58.5 Å². The van der Waals surface area contributed by atoms with Crippen molar-refractivity contribution in [2.24, 2.45) is 0 Å². The molecule has 0 spiro atoms. The van der Waals surface area contributed by atoms with E-state index in [-0.39, 0.29) is 0 Å². The minimum absolute atomic E-state index is 0.396. The largest absolute Gasteiger partial charge is 0.0812 e. The van der Waals surface area contributed by atoms with Crippen LogP contribution in [-0.4, -0.2) is 7.35 Å². The Morgan fingerprint density at radius 3 is 2.22 bits per heavy atom. The van der Waals surface area contributed by atoms with Crippen molar-refractivity contribution in [3.63, 3.8) is 0 Å². The molecule has 0 bridgehead atoms. The summed E-state index contributed by atoms with van der Waals surface area (Å²) in [5.74, 6) is 0. The molecule has 55 valence electrons. The highest BCUT2D eigenvalue weighted by Crippen LogP contribution is 2.32. The molecule has 0 N–H and O–H groups in total. The molecule has 0 saturated carbocycles. The van der Waals surface area contributed by atoms with Gasteiger partial charge in [0.2, 0.25) is 0 Å². The number of hydrogen-bond donors (Lipinski definition) is 0. The van der Waals surface area contributed by atoms with Gasteiger partial charge in [0.15, 0.2) is 0 Å². The lowest BCUT2D eigenvalue weighted by molar-refractivity contribution is 0.630. The average molecular weight is 351 g/mol. The van der Waals surface area contributed by atoms with Crippen molar-refractivity contribution in [2.45, 2.75) is 34.0 Å². The Balaban J connectivity index is 3.70. The zero-order valence-electron chi connectivity index (χ0n) is 5.95. The Morgan fingerprint density at radius 1 is 1.67 bits per heavy atom. The van der Waals surface area contributed by atoms with Crippen molar-refractivity contribution in [3.05, 3.63) is 6.92 Å². The van der Waals surface area contributed by atoms with E-state index >= 15 is 0 Å². The van der Waals surface area contributed by atoms with Crippen LogP contribution in [0.2, 0.25) is 0 Å². The third-order valence-electron chi connectivity index (χ3n) is 1.39. The smallest absolute Gasteiger partial charge is 0.0311 e. The first-order chi connectivity index (χ1) is 4.00. The molecule has 0 aliphatic rings. The van der Waals surface area contributed by atoms with Crippen molar-refractivity contribution < 1.29 is 0 Å². The van der Waals surface area contributed by atoms with Crippen LogP contribution in [0, 0.1) is 6.92 Å². The molecule has 0 aromatic heterocycles. The maximum Gasteiger partial charge on any atom is 0.0311 e. The maximum absolute atomic E-state index is 4.01. The van der Waals surface area contributed by atoms with Crippen LogP contribution < -0.4 is 0 Å². The van der Waals surface area contributed by atoms with Gasteiger partial charge in [-0.15, -0.1) is 0 Å². The Hall–Kier alpha value is 1.46. The van der Waals surface area contributed by atoms with Crippen LogP contribution in [-0.2, 0) is 0 Å². The van der Waals surface area contributed by atoms with Crippen molar-refractivity contribution in [1.29, 1.82) is 0 Å². The summed E-state index contributed by atoms with van der Waals surface area (Å²) in [5.41, 5.74) is 0. The van der Waals surface area contributed by atoms with Gasteiger partial charge in [-0.3, -0.25) is 0 Å². The SMILES string of the molecule is [CH2]C(I)C(C)(I)CCC. The van der Waals surface area contributed by atoms with E-state index in [0.29, 0.717) is 7.35 Å². The Labute approximate surface area is 85.5 Å². The lowest BCUT2D eigenvalue weighted by atomic mass is 10.0. The van der Waals surface area contributed by atoms with Crippen LogP contribution in [0.4, 0.5) is 0 Å². The summed E-state index contributed by atoms with van der Waals surface area (Å²) < 4.78 is 0.920. The standard InChI is InChI=1S/C7H13I2/c1-4-5-7(3,9)6(2)8/h6H,2,4-5H2,1,3H3. The zero-order chi connectivity index (χ0) is 7.49. The van der Waals surface area contributed by atoms with Crippen LogP contribution in [0.1, 0.15) is 26.7 Å². The van der Waals surface area contributed by atoms with Gasteiger partial charge in [0.25, 0.3) is 0 Å². The predicted molar refractivity (Wildman–Crippen MR) is 60.5 cm³/mol. The van der Waals surface area contributed by atoms with Gasteiger partial charge >= 0.3 is 0 Å². The van der Waals surface area contributed by atoms with E-state index in [4.69, 9.17) is 0 Å². The number of hydrogen-bond acceptors (Lipinski definition) is 0. The minimum Gasteiger partial charge on any atom is -0.0812 e. The minimum atomic E-state index is 0.396. The number of alkyl halides is 2. The van der Waals surface area contributed by atoms with Gasteiger partial charge in [-0.25, -0.2) is 0 Å². The summed E-state index contributed by atoms with van der Waals surface area (Å²) in [6.45, 7) is 8.49. The molecule has 0 nitrogen and oxygen atoms in total. The summed E-state index contributed by atoms with van der Waals surface area (Å²) in [7, 11) is 0. The first kappa shape index (κ1) is 10.5. The van der Waals surface area contributed by atoms with E-state index in [2.05, 4.69) is 66.0 Å². The second-order valence-electron chi connectivity index (χ2n) is 2.50. The van der Waals surface area contributed by atoms with Gasteiger partial charge in [-0.05, 0) is 20.3 Å². The molecule has 0 aliphatic heterocycles. The first-order valence-electron chi connectivity index (χ1n) is 3.16. The van der Waals surface area contributed by atoms with Gasteiger partial charge in [-0.2, -0.15) is 0 Å². The van der Waals surface area contributed by atoms with Gasteiger partial charge < -0.3 is 0 Å². The van der Waals surface area contributed by atoms with E-state index in [0.717, 1.165) is 0 Å². The number of rotatable bonds is 3. The fraction of sp³-hybridized carbons (Fsp3) is 0.857. The van der Waals surface area contributed by atoms with Crippen molar-refractivity contribution >= 4 is 45.2 Å². The summed E-state index contributed by atoms with van der Waals surface area (Å²) >= 11 is 4.89. The fourth-order valence-corrected chi connectivity index (χ4v) is 1.50. The van der Waals surface area contributed by atoms with Crippen molar-refractivity contribution in [1.82, 2.24) is 0 Å². The van der Waals surface area contributed by atoms with Crippen LogP contribution in [0.25, 0.3) is 0 Å². The Morgan fingerprint density at radius 2 is 2.11 bits per heavy atom. The second kappa shape index (κ2) is 4.36. The van der Waals surface area contributed by atoms with Gasteiger partial charge in [0.1, 0.15) is 0 Å².